The van der Waals surface area contributed by atoms with Crippen molar-refractivity contribution in [3.05, 3.63) is 59.7 Å². The smallest absolute Gasteiger partial charge is 0.338 e. The summed E-state index contributed by atoms with van der Waals surface area (Å²) in [5, 5.41) is 9.65. The fourth-order valence-electron chi connectivity index (χ4n) is 3.66. The number of benzene rings is 2. The molecule has 0 saturated heterocycles. The highest BCUT2D eigenvalue weighted by molar-refractivity contribution is 5.89. The first kappa shape index (κ1) is 28.5. The van der Waals surface area contributed by atoms with Crippen LogP contribution in [0, 0.1) is 5.92 Å². The third kappa shape index (κ3) is 8.20. The first-order valence-electron chi connectivity index (χ1n) is 11.9. The molecule has 36 heavy (non-hydrogen) atoms. The molecule has 194 valence electrons. The number of esters is 3. The van der Waals surface area contributed by atoms with Gasteiger partial charge < -0.3 is 25.1 Å². The van der Waals surface area contributed by atoms with Crippen LogP contribution in [0.2, 0.25) is 0 Å². The summed E-state index contributed by atoms with van der Waals surface area (Å²) >= 11 is 0. The molecule has 2 aromatic carbocycles. The number of carbonyl (C=O) groups is 4. The molecule has 2 rings (SSSR count). The van der Waals surface area contributed by atoms with Crippen LogP contribution >= 0.6 is 0 Å². The van der Waals surface area contributed by atoms with Gasteiger partial charge in [0, 0.05) is 18.8 Å². The Morgan fingerprint density at radius 3 is 2.03 bits per heavy atom. The van der Waals surface area contributed by atoms with E-state index in [2.05, 4.69) is 0 Å². The molecule has 0 radical (unpaired) electrons. The van der Waals surface area contributed by atoms with Crippen LogP contribution in [-0.2, 0) is 19.1 Å². The van der Waals surface area contributed by atoms with Crippen molar-refractivity contribution in [3.63, 3.8) is 0 Å². The van der Waals surface area contributed by atoms with E-state index in [4.69, 9.17) is 19.9 Å². The molecular weight excluding hydrogens is 466 g/mol. The second-order valence-corrected chi connectivity index (χ2v) is 8.49. The predicted molar refractivity (Wildman–Crippen MR) is 132 cm³/mol. The van der Waals surface area contributed by atoms with Crippen molar-refractivity contribution in [1.29, 1.82) is 0 Å². The number of rotatable bonds is 13. The zero-order chi connectivity index (χ0) is 26.7. The molecule has 3 atom stereocenters. The maximum absolute atomic E-state index is 12.4. The van der Waals surface area contributed by atoms with Crippen LogP contribution in [0.4, 0.5) is 0 Å². The van der Waals surface area contributed by atoms with Gasteiger partial charge >= 0.3 is 23.9 Å². The van der Waals surface area contributed by atoms with E-state index >= 15 is 0 Å². The summed E-state index contributed by atoms with van der Waals surface area (Å²) in [7, 11) is 0. The van der Waals surface area contributed by atoms with E-state index in [0.717, 1.165) is 0 Å². The lowest BCUT2D eigenvalue weighted by molar-refractivity contribution is -0.139. The van der Waals surface area contributed by atoms with E-state index in [1.54, 1.807) is 43.3 Å². The Kier molecular flexibility index (Phi) is 11.1. The minimum atomic E-state index is -1.34. The van der Waals surface area contributed by atoms with Gasteiger partial charge in [-0.3, -0.25) is 14.4 Å². The normalized spacial score (nSPS) is 13.2. The first-order chi connectivity index (χ1) is 17.2. The maximum atomic E-state index is 12.4. The third-order valence-electron chi connectivity index (χ3n) is 5.48. The molecule has 0 amide bonds. The van der Waals surface area contributed by atoms with Crippen molar-refractivity contribution < 1.29 is 38.5 Å². The van der Waals surface area contributed by atoms with Gasteiger partial charge in [-0.05, 0) is 48.6 Å². The van der Waals surface area contributed by atoms with Gasteiger partial charge in [-0.1, -0.05) is 45.0 Å². The topological polar surface area (TPSA) is 142 Å². The molecule has 0 aliphatic carbocycles. The molecule has 0 heterocycles. The second kappa shape index (κ2) is 14.0. The Labute approximate surface area is 210 Å². The van der Waals surface area contributed by atoms with Crippen molar-refractivity contribution in [3.8, 4) is 11.5 Å². The molecule has 0 aliphatic rings. The van der Waals surface area contributed by atoms with Crippen LogP contribution in [0.3, 0.4) is 0 Å². The Morgan fingerprint density at radius 1 is 0.889 bits per heavy atom. The highest BCUT2D eigenvalue weighted by Gasteiger charge is 2.32. The molecule has 2 aromatic rings. The number of carbonyl (C=O) groups excluding carboxylic acids is 3. The molecule has 0 spiro atoms. The SMILES string of the molecule is CCCC(=O)Oc1ccc(C(C(C)COC(=O)c2ccccc2)[C@H](N)C(=O)O)cc1OC(=O)CCC. The number of ether oxygens (including phenoxy) is 3. The highest BCUT2D eigenvalue weighted by Crippen LogP contribution is 2.36. The fourth-order valence-corrected chi connectivity index (χ4v) is 3.66. The molecule has 0 aliphatic heterocycles. The van der Waals surface area contributed by atoms with E-state index in [0.29, 0.717) is 24.0 Å². The fraction of sp³-hybridized carbons (Fsp3) is 0.407. The molecule has 3 N–H and O–H groups in total. The number of nitrogens with two attached hydrogens (primary N) is 1. The Bertz CT molecular complexity index is 1050. The van der Waals surface area contributed by atoms with Crippen LogP contribution in [0.5, 0.6) is 11.5 Å². The molecule has 9 nitrogen and oxygen atoms in total. The van der Waals surface area contributed by atoms with Gasteiger partial charge in [-0.15, -0.1) is 0 Å². The molecule has 2 unspecified atom stereocenters. The summed E-state index contributed by atoms with van der Waals surface area (Å²) in [5.41, 5.74) is 6.84. The first-order valence-corrected chi connectivity index (χ1v) is 11.9. The lowest BCUT2D eigenvalue weighted by Crippen LogP contribution is -2.40. The summed E-state index contributed by atoms with van der Waals surface area (Å²) in [6.07, 6.45) is 1.47. The number of hydrogen-bond acceptors (Lipinski definition) is 8. The number of hydrogen-bond donors (Lipinski definition) is 2. The Hall–Kier alpha value is -3.72. The molecule has 9 heteroatoms. The largest absolute Gasteiger partial charge is 0.480 e. The quantitative estimate of drug-likeness (QED) is 0.308. The lowest BCUT2D eigenvalue weighted by atomic mass is 9.82. The summed E-state index contributed by atoms with van der Waals surface area (Å²) in [6, 6.07) is 11.5. The van der Waals surface area contributed by atoms with E-state index in [9.17, 15) is 24.3 Å². The van der Waals surface area contributed by atoms with E-state index in [1.165, 1.54) is 12.1 Å². The van der Waals surface area contributed by atoms with E-state index in [1.807, 2.05) is 13.8 Å². The maximum Gasteiger partial charge on any atom is 0.338 e. The highest BCUT2D eigenvalue weighted by atomic mass is 16.6. The zero-order valence-electron chi connectivity index (χ0n) is 20.8. The Balaban J connectivity index is 2.35. The van der Waals surface area contributed by atoms with Crippen LogP contribution in [0.25, 0.3) is 0 Å². The van der Waals surface area contributed by atoms with Crippen molar-refractivity contribution in [2.75, 3.05) is 6.61 Å². The van der Waals surface area contributed by atoms with Crippen LogP contribution in [0.15, 0.2) is 48.5 Å². The average Bonchev–Trinajstić information content (AvgIpc) is 2.84. The number of carboxylic acid groups (broad SMARTS) is 1. The van der Waals surface area contributed by atoms with Gasteiger partial charge in [0.2, 0.25) is 0 Å². The van der Waals surface area contributed by atoms with Crippen molar-refractivity contribution >= 4 is 23.9 Å². The molecular formula is C27H33NO8. The molecule has 0 bridgehead atoms. The summed E-state index contributed by atoms with van der Waals surface area (Å²) in [5.74, 6) is -4.09. The molecule has 0 saturated carbocycles. The minimum absolute atomic E-state index is 0.00790. The van der Waals surface area contributed by atoms with E-state index in [-0.39, 0.29) is 30.9 Å². The van der Waals surface area contributed by atoms with Crippen molar-refractivity contribution in [2.24, 2.45) is 11.7 Å². The molecule has 0 aromatic heterocycles. The summed E-state index contributed by atoms with van der Waals surface area (Å²) in [6.45, 7) is 5.26. The minimum Gasteiger partial charge on any atom is -0.480 e. The standard InChI is InChI=1S/C27H33NO8/c1-4-9-22(29)35-20-14-13-19(15-21(20)36-23(30)10-5-2)24(25(28)26(31)32)17(3)16-34-27(33)18-11-7-6-8-12-18/h6-8,11-15,17,24-25H,4-5,9-10,16,28H2,1-3H3,(H,31,32)/t17?,24?,25-/m0/s1. The number of carboxylic acids is 1. The second-order valence-electron chi connectivity index (χ2n) is 8.49. The van der Waals surface area contributed by atoms with Gasteiger partial charge in [0.25, 0.3) is 0 Å². The summed E-state index contributed by atoms with van der Waals surface area (Å²) < 4.78 is 16.2. The Morgan fingerprint density at radius 2 is 1.47 bits per heavy atom. The lowest BCUT2D eigenvalue weighted by Gasteiger charge is -2.28. The van der Waals surface area contributed by atoms with E-state index < -0.39 is 41.8 Å². The van der Waals surface area contributed by atoms with Gasteiger partial charge in [-0.2, -0.15) is 0 Å². The third-order valence-corrected chi connectivity index (χ3v) is 5.48. The van der Waals surface area contributed by atoms with Gasteiger partial charge in [0.05, 0.1) is 12.2 Å². The monoisotopic (exact) mass is 499 g/mol. The van der Waals surface area contributed by atoms with Crippen LogP contribution in [-0.4, -0.2) is 41.6 Å². The van der Waals surface area contributed by atoms with Crippen LogP contribution < -0.4 is 15.2 Å². The average molecular weight is 500 g/mol. The zero-order valence-corrected chi connectivity index (χ0v) is 20.8. The van der Waals surface area contributed by atoms with Gasteiger partial charge in [0.1, 0.15) is 6.04 Å². The summed E-state index contributed by atoms with van der Waals surface area (Å²) in [4.78, 5) is 48.5. The number of aliphatic carboxylic acids is 1. The predicted octanol–water partition coefficient (Wildman–Crippen LogP) is 4.09. The van der Waals surface area contributed by atoms with Gasteiger partial charge in [-0.25, -0.2) is 4.79 Å². The van der Waals surface area contributed by atoms with Gasteiger partial charge in [0.15, 0.2) is 11.5 Å². The van der Waals surface area contributed by atoms with Crippen molar-refractivity contribution in [2.45, 2.75) is 58.4 Å². The molecule has 0 fully saturated rings. The van der Waals surface area contributed by atoms with Crippen LogP contribution in [0.1, 0.15) is 68.3 Å². The van der Waals surface area contributed by atoms with Crippen molar-refractivity contribution in [1.82, 2.24) is 0 Å².